The number of aromatic amines is 1. The van der Waals surface area contributed by atoms with Crippen molar-refractivity contribution in [3.05, 3.63) is 6.33 Å². The molecule has 5 heteroatoms. The van der Waals surface area contributed by atoms with E-state index in [2.05, 4.69) is 32.3 Å². The van der Waals surface area contributed by atoms with Crippen LogP contribution in [0.4, 0.5) is 5.95 Å². The Morgan fingerprint density at radius 2 is 2.33 bits per heavy atom. The lowest BCUT2D eigenvalue weighted by molar-refractivity contribution is 0.384. The number of nitrogens with zero attached hydrogens (tertiary/aromatic N) is 3. The highest BCUT2D eigenvalue weighted by atomic mass is 15.3. The van der Waals surface area contributed by atoms with E-state index in [1.807, 2.05) is 0 Å². The van der Waals surface area contributed by atoms with Crippen LogP contribution in [0.3, 0.4) is 0 Å². The Morgan fingerprint density at radius 3 is 2.93 bits per heavy atom. The summed E-state index contributed by atoms with van der Waals surface area (Å²) in [6, 6.07) is 0. The number of hydrogen-bond acceptors (Lipinski definition) is 4. The summed E-state index contributed by atoms with van der Waals surface area (Å²) in [5.41, 5.74) is 0. The van der Waals surface area contributed by atoms with E-state index in [9.17, 15) is 0 Å². The van der Waals surface area contributed by atoms with Crippen LogP contribution in [0.1, 0.15) is 19.8 Å². The second kappa shape index (κ2) is 5.11. The molecule has 0 radical (unpaired) electrons. The first-order chi connectivity index (χ1) is 7.40. The van der Waals surface area contributed by atoms with Crippen molar-refractivity contribution in [1.82, 2.24) is 20.5 Å². The van der Waals surface area contributed by atoms with E-state index in [0.29, 0.717) is 0 Å². The van der Waals surface area contributed by atoms with E-state index in [0.717, 1.165) is 38.0 Å². The highest BCUT2D eigenvalue weighted by Gasteiger charge is 2.20. The van der Waals surface area contributed by atoms with Crippen LogP contribution in [-0.2, 0) is 0 Å². The van der Waals surface area contributed by atoms with Gasteiger partial charge in [-0.05, 0) is 31.8 Å². The van der Waals surface area contributed by atoms with Gasteiger partial charge in [-0.3, -0.25) is 0 Å². The summed E-state index contributed by atoms with van der Waals surface area (Å²) in [6.45, 7) is 6.56. The lowest BCUT2D eigenvalue weighted by Crippen LogP contribution is -2.37. The molecular formula is C10H19N5. The Bertz CT molecular complexity index is 263. The number of aromatic nitrogens is 3. The van der Waals surface area contributed by atoms with Crippen LogP contribution in [0.15, 0.2) is 6.33 Å². The van der Waals surface area contributed by atoms with Crippen molar-refractivity contribution < 1.29 is 0 Å². The molecule has 1 aliphatic rings. The summed E-state index contributed by atoms with van der Waals surface area (Å²) >= 11 is 0. The number of anilines is 1. The molecule has 0 aromatic carbocycles. The molecule has 1 aromatic rings. The average Bonchev–Trinajstić information content (AvgIpc) is 2.80. The second-order valence-corrected chi connectivity index (χ2v) is 4.05. The molecule has 15 heavy (non-hydrogen) atoms. The Hall–Kier alpha value is -1.10. The van der Waals surface area contributed by atoms with Crippen LogP contribution in [0.2, 0.25) is 0 Å². The summed E-state index contributed by atoms with van der Waals surface area (Å²) in [5.74, 6) is 1.74. The van der Waals surface area contributed by atoms with Crippen LogP contribution in [0.25, 0.3) is 0 Å². The van der Waals surface area contributed by atoms with E-state index in [-0.39, 0.29) is 0 Å². The lowest BCUT2D eigenvalue weighted by Gasteiger charge is -2.31. The third kappa shape index (κ3) is 2.68. The zero-order chi connectivity index (χ0) is 10.5. The molecule has 84 valence electrons. The Kier molecular flexibility index (Phi) is 3.55. The molecule has 0 unspecified atom stereocenters. The molecule has 0 amide bonds. The molecule has 0 aliphatic carbocycles. The third-order valence-corrected chi connectivity index (χ3v) is 3.00. The molecule has 0 bridgehead atoms. The maximum atomic E-state index is 4.17. The SMILES string of the molecule is CCNCC1CCN(c2ncn[nH]2)CC1. The summed E-state index contributed by atoms with van der Waals surface area (Å²) in [5, 5.41) is 10.2. The van der Waals surface area contributed by atoms with Gasteiger partial charge in [0.25, 0.3) is 0 Å². The predicted molar refractivity (Wildman–Crippen MR) is 59.9 cm³/mol. The van der Waals surface area contributed by atoms with Crippen LogP contribution >= 0.6 is 0 Å². The minimum absolute atomic E-state index is 0.823. The summed E-state index contributed by atoms with van der Waals surface area (Å²) in [6.07, 6.45) is 4.06. The van der Waals surface area contributed by atoms with Gasteiger partial charge in [0.15, 0.2) is 0 Å². The fraction of sp³-hybridized carbons (Fsp3) is 0.800. The first-order valence-electron chi connectivity index (χ1n) is 5.71. The van der Waals surface area contributed by atoms with Crippen molar-refractivity contribution in [2.24, 2.45) is 5.92 Å². The van der Waals surface area contributed by atoms with E-state index >= 15 is 0 Å². The fourth-order valence-corrected chi connectivity index (χ4v) is 2.05. The molecule has 0 atom stereocenters. The van der Waals surface area contributed by atoms with Crippen molar-refractivity contribution in [2.45, 2.75) is 19.8 Å². The highest BCUT2D eigenvalue weighted by molar-refractivity contribution is 5.27. The van der Waals surface area contributed by atoms with Crippen molar-refractivity contribution in [2.75, 3.05) is 31.1 Å². The van der Waals surface area contributed by atoms with Crippen molar-refractivity contribution in [1.29, 1.82) is 0 Å². The van der Waals surface area contributed by atoms with Gasteiger partial charge in [-0.1, -0.05) is 6.92 Å². The van der Waals surface area contributed by atoms with Gasteiger partial charge in [0.05, 0.1) is 0 Å². The number of rotatable bonds is 4. The predicted octanol–water partition coefficient (Wildman–Crippen LogP) is 0.631. The molecule has 2 rings (SSSR count). The molecule has 1 saturated heterocycles. The Labute approximate surface area is 90.3 Å². The number of piperidine rings is 1. The molecule has 1 aromatic heterocycles. The number of H-pyrrole nitrogens is 1. The van der Waals surface area contributed by atoms with Gasteiger partial charge in [0, 0.05) is 13.1 Å². The number of nitrogens with one attached hydrogen (secondary N) is 2. The van der Waals surface area contributed by atoms with E-state index < -0.39 is 0 Å². The molecule has 1 aliphatic heterocycles. The monoisotopic (exact) mass is 209 g/mol. The lowest BCUT2D eigenvalue weighted by atomic mass is 9.97. The Balaban J connectivity index is 1.77. The zero-order valence-corrected chi connectivity index (χ0v) is 9.24. The highest BCUT2D eigenvalue weighted by Crippen LogP contribution is 2.19. The summed E-state index contributed by atoms with van der Waals surface area (Å²) < 4.78 is 0. The zero-order valence-electron chi connectivity index (χ0n) is 9.24. The standard InChI is InChI=1S/C10H19N5/c1-2-11-7-9-3-5-15(6-4-9)10-12-8-13-14-10/h8-9,11H,2-7H2,1H3,(H,12,13,14). The van der Waals surface area contributed by atoms with E-state index in [1.165, 1.54) is 12.8 Å². The van der Waals surface area contributed by atoms with E-state index in [1.54, 1.807) is 6.33 Å². The van der Waals surface area contributed by atoms with Crippen LogP contribution in [0, 0.1) is 5.92 Å². The second-order valence-electron chi connectivity index (χ2n) is 4.05. The Morgan fingerprint density at radius 1 is 1.53 bits per heavy atom. The third-order valence-electron chi connectivity index (χ3n) is 3.00. The van der Waals surface area contributed by atoms with Gasteiger partial charge >= 0.3 is 0 Å². The minimum atomic E-state index is 0.823. The van der Waals surface area contributed by atoms with Crippen molar-refractivity contribution >= 4 is 5.95 Å². The summed E-state index contributed by atoms with van der Waals surface area (Å²) in [7, 11) is 0. The van der Waals surface area contributed by atoms with Crippen LogP contribution in [-0.4, -0.2) is 41.4 Å². The molecule has 0 saturated carbocycles. The minimum Gasteiger partial charge on any atom is -0.341 e. The van der Waals surface area contributed by atoms with Gasteiger partial charge in [-0.15, -0.1) is 0 Å². The molecule has 0 spiro atoms. The molecule has 2 N–H and O–H groups in total. The fourth-order valence-electron chi connectivity index (χ4n) is 2.05. The molecule has 1 fully saturated rings. The molecule has 5 nitrogen and oxygen atoms in total. The number of hydrogen-bond donors (Lipinski definition) is 2. The smallest absolute Gasteiger partial charge is 0.221 e. The first-order valence-corrected chi connectivity index (χ1v) is 5.71. The topological polar surface area (TPSA) is 56.8 Å². The largest absolute Gasteiger partial charge is 0.341 e. The molecular weight excluding hydrogens is 190 g/mol. The maximum Gasteiger partial charge on any atom is 0.221 e. The normalized spacial score (nSPS) is 18.3. The van der Waals surface area contributed by atoms with Crippen LogP contribution in [0.5, 0.6) is 0 Å². The van der Waals surface area contributed by atoms with Crippen molar-refractivity contribution in [3.63, 3.8) is 0 Å². The van der Waals surface area contributed by atoms with Gasteiger partial charge in [0.1, 0.15) is 6.33 Å². The van der Waals surface area contributed by atoms with Gasteiger partial charge < -0.3 is 10.2 Å². The van der Waals surface area contributed by atoms with Gasteiger partial charge in [-0.25, -0.2) is 5.10 Å². The molecule has 2 heterocycles. The maximum absolute atomic E-state index is 4.17. The van der Waals surface area contributed by atoms with Gasteiger partial charge in [0.2, 0.25) is 5.95 Å². The first kappa shape index (κ1) is 10.4. The quantitative estimate of drug-likeness (QED) is 0.763. The van der Waals surface area contributed by atoms with Crippen molar-refractivity contribution in [3.8, 4) is 0 Å². The van der Waals surface area contributed by atoms with Gasteiger partial charge in [-0.2, -0.15) is 10.1 Å². The van der Waals surface area contributed by atoms with E-state index in [4.69, 9.17) is 0 Å². The average molecular weight is 209 g/mol. The van der Waals surface area contributed by atoms with Crippen LogP contribution < -0.4 is 10.2 Å². The summed E-state index contributed by atoms with van der Waals surface area (Å²) in [4.78, 5) is 6.44.